The van der Waals surface area contributed by atoms with Gasteiger partial charge in [0.2, 0.25) is 65.0 Å². The number of ketones is 4. The van der Waals surface area contributed by atoms with Crippen molar-refractivity contribution in [3.63, 3.8) is 0 Å². The normalized spacial score (nSPS) is 20.8. The Morgan fingerprint density at radius 1 is 0.661 bits per heavy atom. The Balaban J connectivity index is 1.93. The maximum absolute atomic E-state index is 15.2. The number of benzene rings is 2. The molecule has 1 fully saturated rings. The summed E-state index contributed by atoms with van der Waals surface area (Å²) in [5.41, 5.74) is 6.02. The molecule has 1 aromatic heterocycles. The van der Waals surface area contributed by atoms with Crippen molar-refractivity contribution in [1.29, 1.82) is 0 Å². The molecule has 2 heterocycles. The fraction of sp³-hybridized carbons (Fsp3) is 0.570. The summed E-state index contributed by atoms with van der Waals surface area (Å²) in [4.78, 5) is 279. The van der Waals surface area contributed by atoms with E-state index in [-0.39, 0.29) is 66.5 Å². The number of aliphatic carboxylic acids is 2. The van der Waals surface area contributed by atoms with Crippen LogP contribution in [0.1, 0.15) is 179 Å². The highest BCUT2D eigenvalue weighted by Crippen LogP contribution is 2.33. The van der Waals surface area contributed by atoms with Crippen LogP contribution in [0.15, 0.2) is 36.5 Å². The number of amides is 11. The highest BCUT2D eigenvalue weighted by atomic mass is 35.5. The number of rotatable bonds is 41. The summed E-state index contributed by atoms with van der Waals surface area (Å²) < 4.78 is 30.1. The summed E-state index contributed by atoms with van der Waals surface area (Å²) in [6.07, 6.45) is -1.96. The number of primary amides is 1. The standard InChI is InChI=1S/C79H108Cl2FN13O26/c1-7-10-12-13-14-15-16-18-65(104)90-56(23-45-33-85-53-20-19-48(82)29-50(45)53)77(116)92-55(32-64(83)103)62(101)24-44(26-69(109)110)73(112)95-70-43(6)121-79(118)57(31-60(99)51-27-47(80)28-52(81)71(51)84-21-9-3)93-75(114)49(41(4)22-68(107)108)30-63(102)58(36-96)91-67(106)34-86-76(115)59(38-120-40-98)94-72(111)42(5)88-74(113)46(37-119-39-97)25-61(100)54(17-11-8-2)89-66(105)35-87-78(70)117/h19-20,27-29,33,39-44,46,49,54-59,70,84-85,96H,7-18,21-26,30-32,34-38H2,1-6H3,(H2,83,103)(H,86,115)(H,87,117)(H,88,113)(H,89,105)(H,90,104)(H,91,106)(H,92,116)(H,93,114)(H,94,111)(H,95,112)(H,107,108)(H,109,110)/t41-,42-,43-,44+,46+,49+,54+,55-,56+,57+,58-,59+,70+/m1/s1. The van der Waals surface area contributed by atoms with Crippen LogP contribution in [0.3, 0.4) is 0 Å². The zero-order valence-electron chi connectivity index (χ0n) is 68.0. The van der Waals surface area contributed by atoms with E-state index in [4.69, 9.17) is 43.1 Å². The maximum atomic E-state index is 15.2. The molecule has 1 aliphatic rings. The Bertz CT molecular complexity index is 4210. The molecule has 0 radical (unpaired) electrons. The quantitative estimate of drug-likeness (QED) is 0.0125. The summed E-state index contributed by atoms with van der Waals surface area (Å²) in [7, 11) is 0. The zero-order valence-corrected chi connectivity index (χ0v) is 69.5. The first-order chi connectivity index (χ1) is 57.4. The number of aromatic amines is 1. The van der Waals surface area contributed by atoms with Gasteiger partial charge in [0.1, 0.15) is 61.4 Å². The van der Waals surface area contributed by atoms with Gasteiger partial charge in [-0.15, -0.1) is 0 Å². The molecular formula is C79H108Cl2FN13O26. The van der Waals surface area contributed by atoms with E-state index in [1.807, 2.05) is 0 Å². The number of H-pyrrole nitrogens is 1. The number of carbonyl (C=O) groups is 20. The second kappa shape index (κ2) is 52.5. The van der Waals surface area contributed by atoms with Gasteiger partial charge in [-0.05, 0) is 74.9 Å². The van der Waals surface area contributed by atoms with Crippen molar-refractivity contribution >= 4 is 159 Å². The van der Waals surface area contributed by atoms with Crippen LogP contribution < -0.4 is 64.2 Å². The number of nitrogens with one attached hydrogen (secondary N) is 12. The number of cyclic esters (lactones) is 1. The van der Waals surface area contributed by atoms with Gasteiger partial charge < -0.3 is 98.7 Å². The monoisotopic (exact) mass is 1740 g/mol. The Hall–Kier alpha value is -11.6. The molecule has 4 rings (SSSR count). The lowest BCUT2D eigenvalue weighted by Crippen LogP contribution is -2.57. The van der Waals surface area contributed by atoms with Gasteiger partial charge in [-0.25, -0.2) is 9.18 Å². The van der Waals surface area contributed by atoms with Crippen LogP contribution >= 0.6 is 23.2 Å². The van der Waals surface area contributed by atoms with Gasteiger partial charge >= 0.3 is 17.9 Å². The lowest BCUT2D eigenvalue weighted by molar-refractivity contribution is -0.156. The van der Waals surface area contributed by atoms with Crippen LogP contribution in [0, 0.1) is 29.5 Å². The molecule has 0 spiro atoms. The molecule has 0 aliphatic carbocycles. The van der Waals surface area contributed by atoms with E-state index in [0.29, 0.717) is 42.1 Å². The molecule has 42 heteroatoms. The molecule has 39 nitrogen and oxygen atoms in total. The topological polar surface area (TPSA) is 604 Å². The third-order valence-electron chi connectivity index (χ3n) is 19.6. The summed E-state index contributed by atoms with van der Waals surface area (Å²) >= 11 is 13.0. The number of ether oxygens (including phenoxy) is 3. The largest absolute Gasteiger partial charge is 0.481 e. The molecule has 0 unspecified atom stereocenters. The van der Waals surface area contributed by atoms with Crippen LogP contribution in [0.2, 0.25) is 10.0 Å². The van der Waals surface area contributed by atoms with Gasteiger partial charge in [-0.3, -0.25) is 91.1 Å². The number of carbonyl (C=O) groups excluding carboxylic acids is 18. The SMILES string of the molecule is CCCCCCCCCC(=O)N[C@@H](Cc1c[nH]c2ccc(F)cc12)C(=O)N[C@H](CC(N)=O)C(=O)C[C@@H](CC(=O)O)C(=O)N[C@@H]1C(=O)NCC(=O)N[C@@H](CCCC)C(=O)C[C@@H](COC=O)C(=O)N[C@H](C)C(=O)N[C@@H](COC=O)C(=O)NCC(=O)N[C@H](CO)C(=O)C[C@@H]([C@H](C)CC(=O)O)C(=O)N[C@@H](CC(=O)c2cc(Cl)cc(Cl)c2NCCC)C(=O)O[C@@H]1C. The average molecular weight is 1750 g/mol. The molecule has 666 valence electrons. The third kappa shape index (κ3) is 35.0. The van der Waals surface area contributed by atoms with Crippen molar-refractivity contribution in [1.82, 2.24) is 58.2 Å². The number of aliphatic hydroxyl groups excluding tert-OH is 1. The summed E-state index contributed by atoms with van der Waals surface area (Å²) in [6, 6.07) is -9.10. The maximum Gasteiger partial charge on any atom is 0.329 e. The number of carboxylic acid groups (broad SMARTS) is 2. The number of unbranched alkanes of at least 4 members (excludes halogenated alkanes) is 7. The number of Topliss-reactive ketones (excluding diaryl/α,β-unsaturated/α-hetero) is 4. The highest BCUT2D eigenvalue weighted by molar-refractivity contribution is 6.37. The second-order valence-corrected chi connectivity index (χ2v) is 30.2. The first kappa shape index (κ1) is 102. The van der Waals surface area contributed by atoms with Crippen LogP contribution in [-0.4, -0.2) is 233 Å². The molecular weight excluding hydrogens is 1640 g/mol. The van der Waals surface area contributed by atoms with E-state index >= 15 is 4.79 Å². The molecule has 3 aromatic rings. The minimum atomic E-state index is -2.40. The highest BCUT2D eigenvalue weighted by Gasteiger charge is 2.41. The van der Waals surface area contributed by atoms with E-state index in [0.717, 1.165) is 52.0 Å². The minimum absolute atomic E-state index is 0.0389. The molecule has 2 aromatic carbocycles. The zero-order chi connectivity index (χ0) is 90.2. The smallest absolute Gasteiger partial charge is 0.329 e. The minimum Gasteiger partial charge on any atom is -0.481 e. The molecule has 17 N–H and O–H groups in total. The predicted octanol–water partition coefficient (Wildman–Crippen LogP) is 1.18. The molecule has 0 saturated carbocycles. The van der Waals surface area contributed by atoms with Crippen molar-refractivity contribution in [3.8, 4) is 0 Å². The van der Waals surface area contributed by atoms with Crippen molar-refractivity contribution in [2.24, 2.45) is 29.4 Å². The predicted molar refractivity (Wildman–Crippen MR) is 429 cm³/mol. The summed E-state index contributed by atoms with van der Waals surface area (Å²) in [5.74, 6) is -30.5. The van der Waals surface area contributed by atoms with Crippen molar-refractivity contribution in [3.05, 3.63) is 63.5 Å². The lowest BCUT2D eigenvalue weighted by Gasteiger charge is -2.29. The number of fused-ring (bicyclic) bond motifs is 1. The van der Waals surface area contributed by atoms with Crippen LogP contribution in [0.25, 0.3) is 10.9 Å². The van der Waals surface area contributed by atoms with E-state index < -0.39 is 268 Å². The van der Waals surface area contributed by atoms with E-state index in [2.05, 4.69) is 70.4 Å². The number of esters is 1. The van der Waals surface area contributed by atoms with E-state index in [9.17, 15) is 111 Å². The number of nitrogens with two attached hydrogens (primary N) is 1. The van der Waals surface area contributed by atoms with E-state index in [1.54, 1.807) is 13.8 Å². The average Bonchev–Trinajstić information content (AvgIpc) is 1.79. The Kier molecular flexibility index (Phi) is 44.2. The second-order valence-electron chi connectivity index (χ2n) is 29.3. The number of aromatic nitrogens is 1. The summed E-state index contributed by atoms with van der Waals surface area (Å²) in [5, 5.41) is 56.8. The van der Waals surface area contributed by atoms with Crippen molar-refractivity contribution in [2.45, 2.75) is 224 Å². The number of anilines is 1. The summed E-state index contributed by atoms with van der Waals surface area (Å²) in [6.45, 7) is 3.54. The van der Waals surface area contributed by atoms with Crippen LogP contribution in [0.5, 0.6) is 0 Å². The first-order valence-electron chi connectivity index (χ1n) is 39.6. The lowest BCUT2D eigenvalue weighted by atomic mass is 9.84. The molecule has 1 saturated heterocycles. The fourth-order valence-electron chi connectivity index (χ4n) is 12.9. The molecule has 11 amide bonds. The van der Waals surface area contributed by atoms with Crippen molar-refractivity contribution < 1.29 is 130 Å². The molecule has 13 atom stereocenters. The van der Waals surface area contributed by atoms with E-state index in [1.165, 1.54) is 37.4 Å². The molecule has 121 heavy (non-hydrogen) atoms. The van der Waals surface area contributed by atoms with Gasteiger partial charge in [-0.1, -0.05) is 102 Å². The van der Waals surface area contributed by atoms with Gasteiger partial charge in [0.15, 0.2) is 23.1 Å². The van der Waals surface area contributed by atoms with Crippen molar-refractivity contribution in [2.75, 3.05) is 44.8 Å². The van der Waals surface area contributed by atoms with Gasteiger partial charge in [0.25, 0.3) is 12.9 Å². The van der Waals surface area contributed by atoms with Gasteiger partial charge in [0, 0.05) is 85.1 Å². The third-order valence-corrected chi connectivity index (χ3v) is 20.1. The number of halogens is 3. The van der Waals surface area contributed by atoms with Gasteiger partial charge in [0.05, 0.1) is 67.2 Å². The number of carboxylic acids is 2. The van der Waals surface area contributed by atoms with Crippen LogP contribution in [0.4, 0.5) is 10.1 Å². The number of hydrogen-bond acceptors (Lipinski definition) is 25. The Morgan fingerprint density at radius 3 is 1.91 bits per heavy atom. The first-order valence-corrected chi connectivity index (χ1v) is 40.3. The van der Waals surface area contributed by atoms with Crippen LogP contribution in [-0.2, 0) is 112 Å². The fourth-order valence-corrected chi connectivity index (χ4v) is 13.5. The molecule has 0 bridgehead atoms. The number of aliphatic hydroxyl groups is 1. The molecule has 1 aliphatic heterocycles. The Labute approximate surface area is 705 Å². The Morgan fingerprint density at radius 2 is 1.28 bits per heavy atom. The number of hydrogen-bond donors (Lipinski definition) is 16. The van der Waals surface area contributed by atoms with Gasteiger partial charge in [-0.2, -0.15) is 0 Å².